The van der Waals surface area contributed by atoms with Gasteiger partial charge in [-0.1, -0.05) is 98.8 Å². The summed E-state index contributed by atoms with van der Waals surface area (Å²) in [5, 5.41) is 10.8. The van der Waals surface area contributed by atoms with Crippen LogP contribution >= 0.6 is 22.6 Å². The molecular weight excluding hydrogens is 443 g/mol. The first kappa shape index (κ1) is 20.9. The third kappa shape index (κ3) is 4.95. The van der Waals surface area contributed by atoms with Crippen molar-refractivity contribution in [3.8, 4) is 0 Å². The number of halogens is 1. The predicted molar refractivity (Wildman–Crippen MR) is 124 cm³/mol. The Morgan fingerprint density at radius 1 is 1.04 bits per heavy atom. The van der Waals surface area contributed by atoms with Crippen molar-refractivity contribution >= 4 is 22.6 Å². The van der Waals surface area contributed by atoms with Crippen molar-refractivity contribution in [1.82, 2.24) is 0 Å². The van der Waals surface area contributed by atoms with Gasteiger partial charge in [-0.3, -0.25) is 0 Å². The van der Waals surface area contributed by atoms with Crippen LogP contribution in [0.15, 0.2) is 48.5 Å². The number of hydrogen-bond donors (Lipinski definition) is 1. The quantitative estimate of drug-likeness (QED) is 0.389. The number of rotatable bonds is 5. The van der Waals surface area contributed by atoms with Crippen LogP contribution in [0.4, 0.5) is 0 Å². The summed E-state index contributed by atoms with van der Waals surface area (Å²) in [5.41, 5.74) is 5.70. The lowest BCUT2D eigenvalue weighted by atomic mass is 9.82. The van der Waals surface area contributed by atoms with Crippen LogP contribution in [0.25, 0.3) is 0 Å². The molecule has 1 aliphatic carbocycles. The standard InChI is InChI=1S/C25H33IO/c1-5-17-9-12-19(13-10-17)24-21(22(26)16-23(24)27)14-11-18-7-6-8-20(15-18)25(2,3)4/h6-10,12-13,15,21-24,27H,5,11,14,16H2,1-4H3/t21-,22?,23?,24+/m0/s1. The Morgan fingerprint density at radius 2 is 1.74 bits per heavy atom. The average Bonchev–Trinajstić information content (AvgIpc) is 2.93. The molecule has 1 saturated carbocycles. The summed E-state index contributed by atoms with van der Waals surface area (Å²) in [6.07, 6.45) is 3.98. The highest BCUT2D eigenvalue weighted by atomic mass is 127. The van der Waals surface area contributed by atoms with Crippen LogP contribution in [0, 0.1) is 5.92 Å². The molecule has 0 radical (unpaired) electrons. The maximum Gasteiger partial charge on any atom is 0.0621 e. The molecular formula is C25H33IO. The molecule has 1 nitrogen and oxygen atoms in total. The second-order valence-corrected chi connectivity index (χ2v) is 10.7. The largest absolute Gasteiger partial charge is 0.392 e. The summed E-state index contributed by atoms with van der Waals surface area (Å²) in [7, 11) is 0. The normalized spacial score (nSPS) is 25.7. The minimum Gasteiger partial charge on any atom is -0.392 e. The fourth-order valence-electron chi connectivity index (χ4n) is 4.39. The van der Waals surface area contributed by atoms with Gasteiger partial charge < -0.3 is 5.11 Å². The lowest BCUT2D eigenvalue weighted by Gasteiger charge is -2.25. The molecule has 4 atom stereocenters. The molecule has 1 fully saturated rings. The Hall–Kier alpha value is -0.870. The molecule has 0 aromatic heterocycles. The van der Waals surface area contributed by atoms with Gasteiger partial charge in [0.05, 0.1) is 6.10 Å². The fourth-order valence-corrected chi connectivity index (χ4v) is 5.72. The second-order valence-electron chi connectivity index (χ2n) is 9.09. The highest BCUT2D eigenvalue weighted by molar-refractivity contribution is 14.1. The van der Waals surface area contributed by atoms with Gasteiger partial charge in [0.2, 0.25) is 0 Å². The van der Waals surface area contributed by atoms with E-state index in [1.165, 1.54) is 22.3 Å². The number of aryl methyl sites for hydroxylation is 2. The van der Waals surface area contributed by atoms with Crippen LogP contribution in [0.1, 0.15) is 68.7 Å². The van der Waals surface area contributed by atoms with Gasteiger partial charge in [0.25, 0.3) is 0 Å². The SMILES string of the molecule is CCc1ccc([C@H]2C(O)CC(I)[C@@H]2CCc2cccc(C(C)(C)C)c2)cc1. The molecule has 0 saturated heterocycles. The first-order chi connectivity index (χ1) is 12.8. The number of aliphatic hydroxyl groups excluding tert-OH is 1. The smallest absolute Gasteiger partial charge is 0.0621 e. The van der Waals surface area contributed by atoms with Crippen LogP contribution in [-0.4, -0.2) is 15.1 Å². The van der Waals surface area contributed by atoms with Crippen molar-refractivity contribution in [3.63, 3.8) is 0 Å². The van der Waals surface area contributed by atoms with Crippen molar-refractivity contribution in [1.29, 1.82) is 0 Å². The third-order valence-corrected chi connectivity index (χ3v) is 7.57. The topological polar surface area (TPSA) is 20.2 Å². The van der Waals surface area contributed by atoms with E-state index in [-0.39, 0.29) is 17.4 Å². The molecule has 2 heteroatoms. The van der Waals surface area contributed by atoms with E-state index in [0.717, 1.165) is 25.7 Å². The highest BCUT2D eigenvalue weighted by Crippen LogP contribution is 2.46. The molecule has 2 unspecified atom stereocenters. The van der Waals surface area contributed by atoms with E-state index in [1.807, 2.05) is 0 Å². The maximum absolute atomic E-state index is 10.8. The van der Waals surface area contributed by atoms with E-state index < -0.39 is 0 Å². The van der Waals surface area contributed by atoms with E-state index >= 15 is 0 Å². The van der Waals surface area contributed by atoms with Gasteiger partial charge in [-0.25, -0.2) is 0 Å². The number of hydrogen-bond acceptors (Lipinski definition) is 1. The molecule has 2 aromatic carbocycles. The minimum absolute atomic E-state index is 0.189. The summed E-state index contributed by atoms with van der Waals surface area (Å²) < 4.78 is 0.541. The number of aliphatic hydroxyl groups is 1. The van der Waals surface area contributed by atoms with Gasteiger partial charge in [-0.15, -0.1) is 0 Å². The van der Waals surface area contributed by atoms with E-state index in [1.54, 1.807) is 0 Å². The third-order valence-electron chi connectivity index (χ3n) is 6.14. The Morgan fingerprint density at radius 3 is 2.37 bits per heavy atom. The van der Waals surface area contributed by atoms with E-state index in [0.29, 0.717) is 9.84 Å². The molecule has 0 bridgehead atoms. The molecule has 0 spiro atoms. The zero-order chi connectivity index (χ0) is 19.6. The maximum atomic E-state index is 10.8. The zero-order valence-electron chi connectivity index (χ0n) is 17.1. The lowest BCUT2D eigenvalue weighted by molar-refractivity contribution is 0.153. The highest BCUT2D eigenvalue weighted by Gasteiger charge is 2.41. The van der Waals surface area contributed by atoms with Gasteiger partial charge in [-0.2, -0.15) is 0 Å². The summed E-state index contributed by atoms with van der Waals surface area (Å²) in [6, 6.07) is 18.0. The van der Waals surface area contributed by atoms with E-state index in [9.17, 15) is 5.11 Å². The lowest BCUT2D eigenvalue weighted by Crippen LogP contribution is -2.19. The van der Waals surface area contributed by atoms with Crippen LogP contribution in [0.5, 0.6) is 0 Å². The van der Waals surface area contributed by atoms with E-state index in [2.05, 4.69) is 98.8 Å². The van der Waals surface area contributed by atoms with Crippen molar-refractivity contribution in [3.05, 3.63) is 70.8 Å². The van der Waals surface area contributed by atoms with Crippen molar-refractivity contribution in [2.75, 3.05) is 0 Å². The zero-order valence-corrected chi connectivity index (χ0v) is 19.2. The Kier molecular flexibility index (Phi) is 6.68. The average molecular weight is 476 g/mol. The van der Waals surface area contributed by atoms with Crippen molar-refractivity contribution in [2.24, 2.45) is 5.92 Å². The molecule has 0 amide bonds. The Balaban J connectivity index is 1.75. The van der Waals surface area contributed by atoms with Crippen LogP contribution in [0.3, 0.4) is 0 Å². The van der Waals surface area contributed by atoms with Crippen LogP contribution in [0.2, 0.25) is 0 Å². The van der Waals surface area contributed by atoms with Gasteiger partial charge in [-0.05, 0) is 59.3 Å². The number of alkyl halides is 1. The van der Waals surface area contributed by atoms with Gasteiger partial charge in [0.15, 0.2) is 0 Å². The molecule has 1 aliphatic rings. The molecule has 2 aromatic rings. The minimum atomic E-state index is -0.217. The van der Waals surface area contributed by atoms with E-state index in [4.69, 9.17) is 0 Å². The van der Waals surface area contributed by atoms with Gasteiger partial charge >= 0.3 is 0 Å². The van der Waals surface area contributed by atoms with Gasteiger partial charge in [0.1, 0.15) is 0 Å². The van der Waals surface area contributed by atoms with Crippen LogP contribution < -0.4 is 0 Å². The van der Waals surface area contributed by atoms with Crippen molar-refractivity contribution < 1.29 is 5.11 Å². The predicted octanol–water partition coefficient (Wildman–Crippen LogP) is 6.45. The molecule has 146 valence electrons. The van der Waals surface area contributed by atoms with Gasteiger partial charge in [0, 0.05) is 9.84 Å². The Labute approximate surface area is 178 Å². The first-order valence-corrected chi connectivity index (χ1v) is 11.5. The summed E-state index contributed by atoms with van der Waals surface area (Å²) in [6.45, 7) is 9.01. The fraction of sp³-hybridized carbons (Fsp3) is 0.520. The molecule has 27 heavy (non-hydrogen) atoms. The summed E-state index contributed by atoms with van der Waals surface area (Å²) >= 11 is 2.57. The monoisotopic (exact) mass is 476 g/mol. The summed E-state index contributed by atoms with van der Waals surface area (Å²) in [5.74, 6) is 0.801. The summed E-state index contributed by atoms with van der Waals surface area (Å²) in [4.78, 5) is 0. The van der Waals surface area contributed by atoms with Crippen LogP contribution in [-0.2, 0) is 18.3 Å². The second kappa shape index (κ2) is 8.65. The first-order valence-electron chi connectivity index (χ1n) is 10.3. The molecule has 0 aliphatic heterocycles. The molecule has 3 rings (SSSR count). The number of benzene rings is 2. The van der Waals surface area contributed by atoms with Crippen molar-refractivity contribution in [2.45, 2.75) is 74.7 Å². The molecule has 0 heterocycles. The molecule has 1 N–H and O–H groups in total. The Bertz CT molecular complexity index is 744.